The van der Waals surface area contributed by atoms with Gasteiger partial charge in [-0.05, 0) is 31.0 Å². The second-order valence-electron chi connectivity index (χ2n) is 5.18. The van der Waals surface area contributed by atoms with Crippen LogP contribution in [-0.2, 0) is 6.54 Å². The van der Waals surface area contributed by atoms with Crippen molar-refractivity contribution in [1.82, 2.24) is 0 Å². The Balaban J connectivity index is 2.31. The first-order valence-electron chi connectivity index (χ1n) is 6.65. The molecule has 2 rings (SSSR count). The summed E-state index contributed by atoms with van der Waals surface area (Å²) in [6.45, 7) is 5.02. The van der Waals surface area contributed by atoms with E-state index in [1.165, 1.54) is 16.7 Å². The maximum Gasteiger partial charge on any atom is 0.106 e. The maximum atomic E-state index is 5.84. The van der Waals surface area contributed by atoms with Gasteiger partial charge >= 0.3 is 0 Å². The van der Waals surface area contributed by atoms with Crippen LogP contribution in [0.15, 0.2) is 42.5 Å². The van der Waals surface area contributed by atoms with Crippen LogP contribution in [-0.4, -0.2) is 12.0 Å². The lowest BCUT2D eigenvalue weighted by molar-refractivity contribution is 0.915. The molecule has 0 radical (unpaired) electrons. The molecule has 20 heavy (non-hydrogen) atoms. The van der Waals surface area contributed by atoms with Crippen LogP contribution in [0.5, 0.6) is 0 Å². The third kappa shape index (κ3) is 3.17. The monoisotopic (exact) mass is 284 g/mol. The van der Waals surface area contributed by atoms with Crippen LogP contribution in [0.1, 0.15) is 22.3 Å². The van der Waals surface area contributed by atoms with Gasteiger partial charge in [0.2, 0.25) is 0 Å². The van der Waals surface area contributed by atoms with Gasteiger partial charge in [-0.1, -0.05) is 54.2 Å². The van der Waals surface area contributed by atoms with Gasteiger partial charge in [-0.25, -0.2) is 0 Å². The number of rotatable bonds is 4. The van der Waals surface area contributed by atoms with Gasteiger partial charge in [-0.15, -0.1) is 0 Å². The molecule has 0 heterocycles. The van der Waals surface area contributed by atoms with Crippen LogP contribution in [0.2, 0.25) is 0 Å². The zero-order valence-electron chi connectivity index (χ0n) is 12.2. The fourth-order valence-electron chi connectivity index (χ4n) is 2.41. The first-order valence-corrected chi connectivity index (χ1v) is 7.06. The number of para-hydroxylation sites is 1. The lowest BCUT2D eigenvalue weighted by Gasteiger charge is -2.24. The van der Waals surface area contributed by atoms with Crippen LogP contribution in [0.25, 0.3) is 0 Å². The predicted octanol–water partition coefficient (Wildman–Crippen LogP) is 3.57. The molecule has 2 aromatic rings. The summed E-state index contributed by atoms with van der Waals surface area (Å²) in [6, 6.07) is 14.6. The largest absolute Gasteiger partial charge is 0.389 e. The van der Waals surface area contributed by atoms with E-state index < -0.39 is 0 Å². The van der Waals surface area contributed by atoms with Gasteiger partial charge in [-0.3, -0.25) is 0 Å². The second kappa shape index (κ2) is 6.06. The molecule has 0 aliphatic heterocycles. The third-order valence-electron chi connectivity index (χ3n) is 3.43. The molecule has 0 atom stereocenters. The summed E-state index contributed by atoms with van der Waals surface area (Å²) in [7, 11) is 2.07. The highest BCUT2D eigenvalue weighted by molar-refractivity contribution is 7.80. The summed E-state index contributed by atoms with van der Waals surface area (Å²) in [4.78, 5) is 2.65. The van der Waals surface area contributed by atoms with Crippen LogP contribution in [0, 0.1) is 13.8 Å². The van der Waals surface area contributed by atoms with Crippen molar-refractivity contribution in [1.29, 1.82) is 0 Å². The summed E-state index contributed by atoms with van der Waals surface area (Å²) in [5.41, 5.74) is 11.6. The van der Waals surface area contributed by atoms with Crippen molar-refractivity contribution < 1.29 is 0 Å². The molecule has 0 fully saturated rings. The predicted molar refractivity (Wildman–Crippen MR) is 90.4 cm³/mol. The Morgan fingerprint density at radius 2 is 1.75 bits per heavy atom. The maximum absolute atomic E-state index is 5.84. The van der Waals surface area contributed by atoms with E-state index in [1.54, 1.807) is 0 Å². The first kappa shape index (κ1) is 14.5. The number of anilines is 1. The number of benzene rings is 2. The molecule has 104 valence electrons. The van der Waals surface area contributed by atoms with Crippen molar-refractivity contribution in [2.45, 2.75) is 20.4 Å². The summed E-state index contributed by atoms with van der Waals surface area (Å²) in [5, 5.41) is 0. The molecular weight excluding hydrogens is 264 g/mol. The molecule has 0 aliphatic rings. The second-order valence-corrected chi connectivity index (χ2v) is 5.62. The lowest BCUT2D eigenvalue weighted by Crippen LogP contribution is -2.22. The topological polar surface area (TPSA) is 29.3 Å². The number of nitrogens with two attached hydrogens (primary N) is 1. The Morgan fingerprint density at radius 3 is 2.35 bits per heavy atom. The normalized spacial score (nSPS) is 10.3. The van der Waals surface area contributed by atoms with E-state index in [1.807, 2.05) is 12.1 Å². The van der Waals surface area contributed by atoms with Gasteiger partial charge in [0.05, 0.1) is 0 Å². The average Bonchev–Trinajstić information content (AvgIpc) is 2.40. The first-order chi connectivity index (χ1) is 9.49. The Hall–Kier alpha value is -1.87. The molecule has 2 nitrogen and oxygen atoms in total. The van der Waals surface area contributed by atoms with Crippen LogP contribution >= 0.6 is 12.2 Å². The van der Waals surface area contributed by atoms with E-state index in [9.17, 15) is 0 Å². The molecule has 2 aromatic carbocycles. The molecule has 0 spiro atoms. The quantitative estimate of drug-likeness (QED) is 0.870. The van der Waals surface area contributed by atoms with E-state index in [0.717, 1.165) is 17.8 Å². The third-order valence-corrected chi connectivity index (χ3v) is 3.65. The van der Waals surface area contributed by atoms with Crippen molar-refractivity contribution in [2.75, 3.05) is 11.9 Å². The fourth-order valence-corrected chi connectivity index (χ4v) is 2.58. The number of nitrogens with zero attached hydrogens (tertiary/aromatic N) is 1. The molecule has 0 amide bonds. The summed E-state index contributed by atoms with van der Waals surface area (Å²) in [5.74, 6) is 0. The van der Waals surface area contributed by atoms with Crippen LogP contribution < -0.4 is 10.6 Å². The summed E-state index contributed by atoms with van der Waals surface area (Å²) >= 11 is 5.16. The minimum Gasteiger partial charge on any atom is -0.389 e. The molecule has 0 bridgehead atoms. The highest BCUT2D eigenvalue weighted by Crippen LogP contribution is 2.25. The Kier molecular flexibility index (Phi) is 4.40. The van der Waals surface area contributed by atoms with Gasteiger partial charge in [0.15, 0.2) is 0 Å². The Morgan fingerprint density at radius 1 is 1.10 bits per heavy atom. The van der Waals surface area contributed by atoms with Crippen molar-refractivity contribution in [3.8, 4) is 0 Å². The summed E-state index contributed by atoms with van der Waals surface area (Å²) < 4.78 is 0. The smallest absolute Gasteiger partial charge is 0.106 e. The van der Waals surface area contributed by atoms with Gasteiger partial charge in [0, 0.05) is 24.8 Å². The molecule has 3 heteroatoms. The zero-order chi connectivity index (χ0) is 14.7. The van der Waals surface area contributed by atoms with E-state index in [2.05, 4.69) is 56.1 Å². The number of hydrogen-bond donors (Lipinski definition) is 1. The molecule has 0 aliphatic carbocycles. The van der Waals surface area contributed by atoms with Gasteiger partial charge in [0.1, 0.15) is 4.99 Å². The van der Waals surface area contributed by atoms with E-state index >= 15 is 0 Å². The van der Waals surface area contributed by atoms with Crippen molar-refractivity contribution >= 4 is 22.9 Å². The number of hydrogen-bond acceptors (Lipinski definition) is 2. The molecular formula is C17H20N2S. The molecule has 0 aromatic heterocycles. The standard InChI is InChI=1S/C17H20N2S/c1-12-7-9-14(10-8-12)11-19(3)16-13(2)5-4-6-15(16)17(18)20/h4-10H,11H2,1-3H3,(H2,18,20). The number of thiocarbonyl (C=S) groups is 1. The SMILES string of the molecule is Cc1ccc(CN(C)c2c(C)cccc2C(N)=S)cc1. The molecule has 0 unspecified atom stereocenters. The van der Waals surface area contributed by atoms with E-state index in [4.69, 9.17) is 18.0 Å². The summed E-state index contributed by atoms with van der Waals surface area (Å²) in [6.07, 6.45) is 0. The lowest BCUT2D eigenvalue weighted by atomic mass is 10.1. The van der Waals surface area contributed by atoms with Crippen molar-refractivity contribution in [3.63, 3.8) is 0 Å². The van der Waals surface area contributed by atoms with E-state index in [0.29, 0.717) is 4.99 Å². The average molecular weight is 284 g/mol. The van der Waals surface area contributed by atoms with Crippen LogP contribution in [0.3, 0.4) is 0 Å². The van der Waals surface area contributed by atoms with Gasteiger partial charge in [0.25, 0.3) is 0 Å². The Bertz CT molecular complexity index is 617. The van der Waals surface area contributed by atoms with E-state index in [-0.39, 0.29) is 0 Å². The highest BCUT2D eigenvalue weighted by Gasteiger charge is 2.12. The fraction of sp³-hybridized carbons (Fsp3) is 0.235. The molecule has 2 N–H and O–H groups in total. The highest BCUT2D eigenvalue weighted by atomic mass is 32.1. The number of aryl methyl sites for hydroxylation is 2. The minimum atomic E-state index is 0.444. The van der Waals surface area contributed by atoms with Crippen molar-refractivity contribution in [3.05, 3.63) is 64.7 Å². The minimum absolute atomic E-state index is 0.444. The van der Waals surface area contributed by atoms with Crippen LogP contribution in [0.4, 0.5) is 5.69 Å². The molecule has 0 saturated carbocycles. The van der Waals surface area contributed by atoms with Crippen molar-refractivity contribution in [2.24, 2.45) is 5.73 Å². The Labute approximate surface area is 126 Å². The zero-order valence-corrected chi connectivity index (χ0v) is 13.0. The van der Waals surface area contributed by atoms with Gasteiger partial charge < -0.3 is 10.6 Å². The molecule has 0 saturated heterocycles. The van der Waals surface area contributed by atoms with Gasteiger partial charge in [-0.2, -0.15) is 0 Å².